The number of nitrogens with zero attached hydrogens (tertiary/aromatic N) is 2. The Bertz CT molecular complexity index is 828. The van der Waals surface area contributed by atoms with Gasteiger partial charge in [-0.05, 0) is 37.7 Å². The molecule has 0 aliphatic heterocycles. The second-order valence-electron chi connectivity index (χ2n) is 6.74. The van der Waals surface area contributed by atoms with Gasteiger partial charge >= 0.3 is 5.97 Å². The highest BCUT2D eigenvalue weighted by atomic mass is 32.2. The van der Waals surface area contributed by atoms with Gasteiger partial charge in [0.1, 0.15) is 5.00 Å². The van der Waals surface area contributed by atoms with Crippen LogP contribution < -0.4 is 5.32 Å². The van der Waals surface area contributed by atoms with Gasteiger partial charge in [-0.25, -0.2) is 9.78 Å². The first-order valence-corrected chi connectivity index (χ1v) is 11.0. The van der Waals surface area contributed by atoms with Gasteiger partial charge in [0, 0.05) is 36.5 Å². The maximum Gasteiger partial charge on any atom is 0.341 e. The van der Waals surface area contributed by atoms with E-state index >= 15 is 0 Å². The van der Waals surface area contributed by atoms with E-state index < -0.39 is 0 Å². The summed E-state index contributed by atoms with van der Waals surface area (Å²) in [5.41, 5.74) is 1.63. The molecule has 0 aromatic carbocycles. The van der Waals surface area contributed by atoms with Crippen molar-refractivity contribution in [3.63, 3.8) is 0 Å². The quantitative estimate of drug-likeness (QED) is 0.557. The molecular formula is C19H25N3O3S2. The van der Waals surface area contributed by atoms with E-state index in [0.29, 0.717) is 35.3 Å². The monoisotopic (exact) mass is 407 g/mol. The van der Waals surface area contributed by atoms with E-state index in [-0.39, 0.29) is 11.9 Å². The number of rotatable bonds is 7. The maximum atomic E-state index is 12.5. The lowest BCUT2D eigenvalue weighted by Crippen LogP contribution is -2.17. The molecule has 146 valence electrons. The zero-order chi connectivity index (χ0) is 19.4. The summed E-state index contributed by atoms with van der Waals surface area (Å²) in [5, 5.41) is 4.48. The van der Waals surface area contributed by atoms with Crippen LogP contribution in [0.2, 0.25) is 0 Å². The summed E-state index contributed by atoms with van der Waals surface area (Å²) in [4.78, 5) is 30.4. The van der Waals surface area contributed by atoms with E-state index in [1.165, 1.54) is 16.2 Å². The lowest BCUT2D eigenvalue weighted by molar-refractivity contribution is -0.115. The van der Waals surface area contributed by atoms with Gasteiger partial charge in [0.05, 0.1) is 12.2 Å². The number of thioether (sulfide) groups is 1. The third-order valence-corrected chi connectivity index (χ3v) is 6.81. The first-order valence-electron chi connectivity index (χ1n) is 9.21. The molecule has 1 N–H and O–H groups in total. The summed E-state index contributed by atoms with van der Waals surface area (Å²) in [7, 11) is 1.93. The first kappa shape index (κ1) is 19.9. The summed E-state index contributed by atoms with van der Waals surface area (Å²) in [5.74, 6) is 0.813. The SMILES string of the molecule is CCOC(=O)c1c(NC(=O)CCSc2nccn2C)sc2c1CC[C@@H](C)C2. The average molecular weight is 408 g/mol. The minimum atomic E-state index is -0.331. The Kier molecular flexibility index (Phi) is 6.59. The highest BCUT2D eigenvalue weighted by Gasteiger charge is 2.29. The molecule has 1 amide bonds. The Hall–Kier alpha value is -1.80. The van der Waals surface area contributed by atoms with Crippen molar-refractivity contribution in [2.24, 2.45) is 13.0 Å². The number of carbonyl (C=O) groups is 2. The molecule has 1 atom stereocenters. The van der Waals surface area contributed by atoms with Gasteiger partial charge in [0.2, 0.25) is 5.91 Å². The fraction of sp³-hybridized carbons (Fsp3) is 0.526. The summed E-state index contributed by atoms with van der Waals surface area (Å²) >= 11 is 3.07. The van der Waals surface area contributed by atoms with Crippen molar-refractivity contribution in [2.45, 2.75) is 44.7 Å². The number of hydrogen-bond donors (Lipinski definition) is 1. The normalized spacial score (nSPS) is 16.0. The van der Waals surface area contributed by atoms with Crippen molar-refractivity contribution in [3.05, 3.63) is 28.4 Å². The van der Waals surface area contributed by atoms with Crippen LogP contribution in [0.5, 0.6) is 0 Å². The number of thiophene rings is 1. The van der Waals surface area contributed by atoms with Crippen LogP contribution in [0.15, 0.2) is 17.6 Å². The summed E-state index contributed by atoms with van der Waals surface area (Å²) in [6.45, 7) is 4.35. The van der Waals surface area contributed by atoms with Gasteiger partial charge in [-0.3, -0.25) is 4.79 Å². The molecule has 6 nitrogen and oxygen atoms in total. The number of esters is 1. The highest BCUT2D eigenvalue weighted by molar-refractivity contribution is 7.99. The molecule has 0 spiro atoms. The van der Waals surface area contributed by atoms with E-state index in [9.17, 15) is 9.59 Å². The van der Waals surface area contributed by atoms with Crippen LogP contribution in [0.1, 0.15) is 47.5 Å². The fourth-order valence-corrected chi connectivity index (χ4v) is 5.46. The van der Waals surface area contributed by atoms with Crippen LogP contribution in [-0.4, -0.2) is 33.8 Å². The van der Waals surface area contributed by atoms with Gasteiger partial charge in [-0.15, -0.1) is 11.3 Å². The first-order chi connectivity index (χ1) is 13.0. The molecule has 0 fully saturated rings. The summed E-state index contributed by atoms with van der Waals surface area (Å²) in [6, 6.07) is 0. The molecule has 0 bridgehead atoms. The standard InChI is InChI=1S/C19H25N3O3S2/c1-4-25-18(24)16-13-6-5-12(2)11-14(13)27-17(16)21-15(23)7-10-26-19-20-8-9-22(19)3/h8-9,12H,4-7,10-11H2,1-3H3,(H,21,23)/t12-/m1/s1. The van der Waals surface area contributed by atoms with E-state index in [2.05, 4.69) is 17.2 Å². The topological polar surface area (TPSA) is 73.2 Å². The van der Waals surface area contributed by atoms with E-state index in [1.807, 2.05) is 17.8 Å². The molecule has 0 saturated heterocycles. The second-order valence-corrected chi connectivity index (χ2v) is 8.91. The van der Waals surface area contributed by atoms with Crippen molar-refractivity contribution in [1.82, 2.24) is 9.55 Å². The zero-order valence-corrected chi connectivity index (χ0v) is 17.5. The van der Waals surface area contributed by atoms with Crippen molar-refractivity contribution < 1.29 is 14.3 Å². The van der Waals surface area contributed by atoms with Crippen LogP contribution in [0.4, 0.5) is 5.00 Å². The van der Waals surface area contributed by atoms with E-state index in [0.717, 1.165) is 30.0 Å². The van der Waals surface area contributed by atoms with Crippen LogP contribution in [0, 0.1) is 5.92 Å². The number of carbonyl (C=O) groups excluding carboxylic acids is 2. The molecule has 1 aliphatic rings. The van der Waals surface area contributed by atoms with Crippen LogP contribution in [0.3, 0.4) is 0 Å². The Labute approximate surface area is 167 Å². The predicted molar refractivity (Wildman–Crippen MR) is 109 cm³/mol. The molecule has 1 aliphatic carbocycles. The number of amides is 1. The summed E-state index contributed by atoms with van der Waals surface area (Å²) in [6.07, 6.45) is 6.86. The second kappa shape index (κ2) is 8.93. The minimum Gasteiger partial charge on any atom is -0.462 e. The Morgan fingerprint density at radius 1 is 1.48 bits per heavy atom. The van der Waals surface area contributed by atoms with Crippen LogP contribution in [0.25, 0.3) is 0 Å². The Balaban J connectivity index is 1.68. The number of aryl methyl sites for hydroxylation is 1. The fourth-order valence-electron chi connectivity index (χ4n) is 3.17. The molecule has 2 aromatic rings. The lowest BCUT2D eigenvalue weighted by atomic mass is 9.88. The van der Waals surface area contributed by atoms with Crippen molar-refractivity contribution >= 4 is 40.0 Å². The van der Waals surface area contributed by atoms with Gasteiger partial charge in [-0.1, -0.05) is 18.7 Å². The van der Waals surface area contributed by atoms with Crippen molar-refractivity contribution in [2.75, 3.05) is 17.7 Å². The zero-order valence-electron chi connectivity index (χ0n) is 15.9. The van der Waals surface area contributed by atoms with Crippen LogP contribution in [-0.2, 0) is 29.4 Å². The van der Waals surface area contributed by atoms with E-state index in [4.69, 9.17) is 4.74 Å². The number of nitrogens with one attached hydrogen (secondary N) is 1. The van der Waals surface area contributed by atoms with E-state index in [1.54, 1.807) is 24.9 Å². The summed E-state index contributed by atoms with van der Waals surface area (Å²) < 4.78 is 7.17. The smallest absolute Gasteiger partial charge is 0.341 e. The van der Waals surface area contributed by atoms with Gasteiger partial charge in [0.15, 0.2) is 5.16 Å². The molecule has 3 rings (SSSR count). The Morgan fingerprint density at radius 2 is 2.30 bits per heavy atom. The number of aromatic nitrogens is 2. The molecule has 2 aromatic heterocycles. The molecule has 27 heavy (non-hydrogen) atoms. The molecule has 2 heterocycles. The number of imidazole rings is 1. The average Bonchev–Trinajstić information content (AvgIpc) is 3.17. The van der Waals surface area contributed by atoms with Gasteiger partial charge in [-0.2, -0.15) is 0 Å². The molecular weight excluding hydrogens is 382 g/mol. The Morgan fingerprint density at radius 3 is 3.00 bits per heavy atom. The van der Waals surface area contributed by atoms with Crippen molar-refractivity contribution in [3.8, 4) is 0 Å². The largest absolute Gasteiger partial charge is 0.462 e. The molecule has 0 saturated carbocycles. The minimum absolute atomic E-state index is 0.0890. The third-order valence-electron chi connectivity index (χ3n) is 4.58. The molecule has 0 unspecified atom stereocenters. The number of fused-ring (bicyclic) bond motifs is 1. The molecule has 0 radical (unpaired) electrons. The maximum absolute atomic E-state index is 12.5. The van der Waals surface area contributed by atoms with Gasteiger partial charge in [0.25, 0.3) is 0 Å². The van der Waals surface area contributed by atoms with Crippen LogP contribution >= 0.6 is 23.1 Å². The van der Waals surface area contributed by atoms with Crippen molar-refractivity contribution in [1.29, 1.82) is 0 Å². The lowest BCUT2D eigenvalue weighted by Gasteiger charge is -2.18. The van der Waals surface area contributed by atoms with Gasteiger partial charge < -0.3 is 14.6 Å². The number of anilines is 1. The number of hydrogen-bond acceptors (Lipinski definition) is 6. The highest BCUT2D eigenvalue weighted by Crippen LogP contribution is 2.40. The third kappa shape index (κ3) is 4.73. The number of ether oxygens (including phenoxy) is 1. The predicted octanol–water partition coefficient (Wildman–Crippen LogP) is 3.90. The molecule has 8 heteroatoms.